The van der Waals surface area contributed by atoms with Crippen molar-refractivity contribution in [1.29, 1.82) is 0 Å². The lowest BCUT2D eigenvalue weighted by Gasteiger charge is -2.29. The Labute approximate surface area is 169 Å². The third-order valence-corrected chi connectivity index (χ3v) is 5.34. The number of anilines is 2. The number of amidine groups is 1. The van der Waals surface area contributed by atoms with Crippen molar-refractivity contribution in [1.82, 2.24) is 0 Å². The van der Waals surface area contributed by atoms with Gasteiger partial charge in [-0.3, -0.25) is 15.0 Å². The third kappa shape index (κ3) is 3.63. The van der Waals surface area contributed by atoms with Crippen LogP contribution in [-0.2, 0) is 4.84 Å². The van der Waals surface area contributed by atoms with Crippen molar-refractivity contribution in [3.8, 4) is 0 Å². The van der Waals surface area contributed by atoms with Gasteiger partial charge in [-0.15, -0.1) is 0 Å². The molecule has 0 bridgehead atoms. The van der Waals surface area contributed by atoms with E-state index in [9.17, 15) is 14.9 Å². The van der Waals surface area contributed by atoms with Gasteiger partial charge in [0.25, 0.3) is 5.69 Å². The van der Waals surface area contributed by atoms with Crippen molar-refractivity contribution >= 4 is 40.8 Å². The standard InChI is InChI=1S/C20H14N4O4S/c21-19(13-9-11-14(12-10-13)24(26)27)22-28-20(25)23-15-5-1-3-7-17(15)29-18-8-4-2-6-16(18)23/h1-12H,(H2,21,22). The van der Waals surface area contributed by atoms with E-state index >= 15 is 0 Å². The molecule has 3 aromatic rings. The lowest BCUT2D eigenvalue weighted by molar-refractivity contribution is -0.384. The molecular weight excluding hydrogens is 392 g/mol. The summed E-state index contributed by atoms with van der Waals surface area (Å²) in [5, 5.41) is 14.5. The Morgan fingerprint density at radius 1 is 0.966 bits per heavy atom. The number of hydrogen-bond acceptors (Lipinski definition) is 6. The normalized spacial score (nSPS) is 12.7. The van der Waals surface area contributed by atoms with Crippen molar-refractivity contribution in [3.05, 3.63) is 88.5 Å². The van der Waals surface area contributed by atoms with Crippen LogP contribution in [0.2, 0.25) is 0 Å². The lowest BCUT2D eigenvalue weighted by Crippen LogP contribution is -2.28. The van der Waals surface area contributed by atoms with Crippen LogP contribution in [0.25, 0.3) is 0 Å². The molecular formula is C20H14N4O4S. The number of fused-ring (bicyclic) bond motifs is 2. The smallest absolute Gasteiger partial charge is 0.380 e. The Morgan fingerprint density at radius 3 is 2.07 bits per heavy atom. The van der Waals surface area contributed by atoms with Crippen LogP contribution in [-0.4, -0.2) is 16.9 Å². The van der Waals surface area contributed by atoms with Crippen LogP contribution in [0.5, 0.6) is 0 Å². The number of carbonyl (C=O) groups excluding carboxylic acids is 1. The molecule has 0 unspecified atom stereocenters. The molecule has 4 rings (SSSR count). The SMILES string of the molecule is N/C(=N\OC(=O)N1c2ccccc2Sc2ccccc21)c1ccc([N+](=O)[O-])cc1. The van der Waals surface area contributed by atoms with E-state index in [2.05, 4.69) is 5.16 Å². The molecule has 1 amide bonds. The van der Waals surface area contributed by atoms with Crippen molar-refractivity contribution in [2.75, 3.05) is 4.90 Å². The number of nitro benzene ring substituents is 1. The van der Waals surface area contributed by atoms with Gasteiger partial charge in [0.05, 0.1) is 16.3 Å². The number of hydrogen-bond donors (Lipinski definition) is 1. The van der Waals surface area contributed by atoms with Crippen LogP contribution >= 0.6 is 11.8 Å². The number of rotatable bonds is 3. The highest BCUT2D eigenvalue weighted by molar-refractivity contribution is 7.99. The maximum atomic E-state index is 12.8. The number of nitrogens with two attached hydrogens (primary N) is 1. The quantitative estimate of drug-likeness (QED) is 0.223. The average molecular weight is 406 g/mol. The molecule has 8 nitrogen and oxygen atoms in total. The zero-order valence-electron chi connectivity index (χ0n) is 14.9. The fourth-order valence-electron chi connectivity index (χ4n) is 2.84. The van der Waals surface area contributed by atoms with Gasteiger partial charge in [0.1, 0.15) is 0 Å². The van der Waals surface area contributed by atoms with Gasteiger partial charge in [-0.05, 0) is 36.4 Å². The van der Waals surface area contributed by atoms with Gasteiger partial charge in [0, 0.05) is 27.5 Å². The Morgan fingerprint density at radius 2 is 1.52 bits per heavy atom. The van der Waals surface area contributed by atoms with E-state index in [1.54, 1.807) is 11.8 Å². The number of nitrogens with zero attached hydrogens (tertiary/aromatic N) is 3. The summed E-state index contributed by atoms with van der Waals surface area (Å²) in [6.45, 7) is 0. The molecule has 1 aliphatic rings. The van der Waals surface area contributed by atoms with E-state index in [4.69, 9.17) is 10.6 Å². The molecule has 3 aromatic carbocycles. The van der Waals surface area contributed by atoms with E-state index < -0.39 is 11.0 Å². The molecule has 1 heterocycles. The Hall–Kier alpha value is -3.85. The first kappa shape index (κ1) is 18.5. The monoisotopic (exact) mass is 406 g/mol. The van der Waals surface area contributed by atoms with Crippen molar-refractivity contribution < 1.29 is 14.6 Å². The summed E-state index contributed by atoms with van der Waals surface area (Å²) in [5.41, 5.74) is 7.57. The fraction of sp³-hybridized carbons (Fsp3) is 0. The second-order valence-electron chi connectivity index (χ2n) is 6.01. The molecule has 0 saturated carbocycles. The number of oxime groups is 1. The summed E-state index contributed by atoms with van der Waals surface area (Å²) < 4.78 is 0. The second kappa shape index (κ2) is 7.64. The summed E-state index contributed by atoms with van der Waals surface area (Å²) in [6, 6.07) is 20.4. The average Bonchev–Trinajstić information content (AvgIpc) is 2.75. The zero-order valence-corrected chi connectivity index (χ0v) is 15.7. The number of nitro groups is 1. The third-order valence-electron chi connectivity index (χ3n) is 4.21. The minimum atomic E-state index is -0.713. The molecule has 0 fully saturated rings. The van der Waals surface area contributed by atoms with E-state index in [0.717, 1.165) is 9.79 Å². The zero-order chi connectivity index (χ0) is 20.4. The Balaban J connectivity index is 1.60. The molecule has 29 heavy (non-hydrogen) atoms. The van der Waals surface area contributed by atoms with Crippen LogP contribution < -0.4 is 10.6 Å². The number of benzene rings is 3. The summed E-state index contributed by atoms with van der Waals surface area (Å²) in [6.07, 6.45) is -0.713. The second-order valence-corrected chi connectivity index (χ2v) is 7.09. The lowest BCUT2D eigenvalue weighted by atomic mass is 10.2. The van der Waals surface area contributed by atoms with Crippen LogP contribution in [0.4, 0.5) is 21.9 Å². The molecule has 9 heteroatoms. The fourth-order valence-corrected chi connectivity index (χ4v) is 3.89. The van der Waals surface area contributed by atoms with Gasteiger partial charge in [0.2, 0.25) is 0 Å². The molecule has 0 aliphatic carbocycles. The minimum Gasteiger partial charge on any atom is -0.380 e. The predicted molar refractivity (Wildman–Crippen MR) is 109 cm³/mol. The highest BCUT2D eigenvalue weighted by Crippen LogP contribution is 2.48. The number of carbonyl (C=O) groups is 1. The van der Waals surface area contributed by atoms with Gasteiger partial charge in [-0.1, -0.05) is 41.2 Å². The molecule has 0 spiro atoms. The maximum Gasteiger partial charge on any atom is 0.445 e. The Kier molecular flexibility index (Phi) is 4.88. The molecule has 144 valence electrons. The highest BCUT2D eigenvalue weighted by Gasteiger charge is 2.29. The molecule has 0 saturated heterocycles. The van der Waals surface area contributed by atoms with E-state index in [0.29, 0.717) is 16.9 Å². The molecule has 0 radical (unpaired) electrons. The number of amides is 1. The summed E-state index contributed by atoms with van der Waals surface area (Å²) in [5.74, 6) is -0.0683. The van der Waals surface area contributed by atoms with Crippen LogP contribution in [0, 0.1) is 10.1 Å². The van der Waals surface area contributed by atoms with E-state index in [-0.39, 0.29) is 11.5 Å². The molecule has 0 aromatic heterocycles. The van der Waals surface area contributed by atoms with Gasteiger partial charge < -0.3 is 5.73 Å². The topological polar surface area (TPSA) is 111 Å². The van der Waals surface area contributed by atoms with Crippen LogP contribution in [0.15, 0.2) is 87.7 Å². The molecule has 1 aliphatic heterocycles. The summed E-state index contributed by atoms with van der Waals surface area (Å²) in [4.78, 5) is 31.4. The van der Waals surface area contributed by atoms with Crippen LogP contribution in [0.1, 0.15) is 5.56 Å². The Bertz CT molecular complexity index is 1090. The number of para-hydroxylation sites is 2. The van der Waals surface area contributed by atoms with Crippen molar-refractivity contribution in [2.24, 2.45) is 10.9 Å². The first-order valence-corrected chi connectivity index (χ1v) is 9.31. The first-order chi connectivity index (χ1) is 14.0. The van der Waals surface area contributed by atoms with Gasteiger partial charge in [-0.25, -0.2) is 9.69 Å². The highest BCUT2D eigenvalue weighted by atomic mass is 32.2. The van der Waals surface area contributed by atoms with Gasteiger partial charge in [-0.2, -0.15) is 0 Å². The van der Waals surface area contributed by atoms with Crippen LogP contribution in [0.3, 0.4) is 0 Å². The predicted octanol–water partition coefficient (Wildman–Crippen LogP) is 4.65. The van der Waals surface area contributed by atoms with Gasteiger partial charge in [0.15, 0.2) is 5.84 Å². The van der Waals surface area contributed by atoms with Gasteiger partial charge >= 0.3 is 6.09 Å². The maximum absolute atomic E-state index is 12.8. The number of non-ortho nitro benzene ring substituents is 1. The molecule has 2 N–H and O–H groups in total. The summed E-state index contributed by atoms with van der Waals surface area (Å²) >= 11 is 1.56. The van der Waals surface area contributed by atoms with E-state index in [1.165, 1.54) is 29.2 Å². The molecule has 0 atom stereocenters. The van der Waals surface area contributed by atoms with Crippen molar-refractivity contribution in [2.45, 2.75) is 9.79 Å². The minimum absolute atomic E-state index is 0.0683. The van der Waals surface area contributed by atoms with Crippen molar-refractivity contribution in [3.63, 3.8) is 0 Å². The first-order valence-electron chi connectivity index (χ1n) is 8.50. The summed E-state index contributed by atoms with van der Waals surface area (Å²) in [7, 11) is 0. The largest absolute Gasteiger partial charge is 0.445 e. The van der Waals surface area contributed by atoms with E-state index in [1.807, 2.05) is 48.5 Å².